The van der Waals surface area contributed by atoms with Crippen LogP contribution < -0.4 is 9.62 Å². The maximum absolute atomic E-state index is 12.7. The smallest absolute Gasteiger partial charge is 0.337 e. The van der Waals surface area contributed by atoms with Gasteiger partial charge in [0.15, 0.2) is 0 Å². The van der Waals surface area contributed by atoms with Crippen LogP contribution in [0.2, 0.25) is 0 Å². The van der Waals surface area contributed by atoms with E-state index in [9.17, 15) is 18.3 Å². The zero-order chi connectivity index (χ0) is 20.1. The summed E-state index contributed by atoms with van der Waals surface area (Å²) in [7, 11) is -3.89. The second-order valence-corrected chi connectivity index (χ2v) is 8.32. The molecule has 0 saturated carbocycles. The van der Waals surface area contributed by atoms with E-state index in [0.29, 0.717) is 26.3 Å². The number of hydrogen-bond acceptors (Lipinski definition) is 5. The molecule has 0 spiro atoms. The molecule has 0 unspecified atom stereocenters. The number of ether oxygens (including phenoxy) is 1. The van der Waals surface area contributed by atoms with Crippen LogP contribution in [0, 0.1) is 0 Å². The number of carboxylic acid groups (broad SMARTS) is 1. The Morgan fingerprint density at radius 3 is 2.43 bits per heavy atom. The minimum atomic E-state index is -3.89. The van der Waals surface area contributed by atoms with Crippen molar-refractivity contribution in [2.24, 2.45) is 0 Å². The summed E-state index contributed by atoms with van der Waals surface area (Å²) in [6, 6.07) is 11.3. The Hall–Kier alpha value is -2.58. The van der Waals surface area contributed by atoms with Gasteiger partial charge < -0.3 is 14.7 Å². The molecule has 1 aliphatic rings. The van der Waals surface area contributed by atoms with E-state index in [1.807, 2.05) is 4.90 Å². The highest BCUT2D eigenvalue weighted by Gasteiger charge is 2.21. The summed E-state index contributed by atoms with van der Waals surface area (Å²) >= 11 is 0. The number of aromatic carboxylic acids is 1. The second-order valence-electron chi connectivity index (χ2n) is 6.63. The average molecular weight is 404 g/mol. The molecule has 28 heavy (non-hydrogen) atoms. The third-order valence-corrected chi connectivity index (χ3v) is 6.01. The van der Waals surface area contributed by atoms with Crippen LogP contribution >= 0.6 is 0 Å². The zero-order valence-corrected chi connectivity index (χ0v) is 16.5. The van der Waals surface area contributed by atoms with Crippen molar-refractivity contribution in [2.75, 3.05) is 35.9 Å². The van der Waals surface area contributed by atoms with Crippen molar-refractivity contribution in [3.63, 3.8) is 0 Å². The van der Waals surface area contributed by atoms with Gasteiger partial charge in [0.25, 0.3) is 10.0 Å². The van der Waals surface area contributed by atoms with Gasteiger partial charge >= 0.3 is 5.97 Å². The Bertz CT molecular complexity index is 936. The lowest BCUT2D eigenvalue weighted by molar-refractivity contribution is 0.0698. The van der Waals surface area contributed by atoms with Crippen molar-refractivity contribution in [2.45, 2.75) is 24.7 Å². The lowest BCUT2D eigenvalue weighted by Crippen LogP contribution is -2.36. The Morgan fingerprint density at radius 1 is 1.14 bits per heavy atom. The molecule has 1 heterocycles. The molecule has 2 aromatic carbocycles. The largest absolute Gasteiger partial charge is 0.478 e. The summed E-state index contributed by atoms with van der Waals surface area (Å²) in [5.41, 5.74) is 1.74. The number of nitrogens with zero attached hydrogens (tertiary/aromatic N) is 1. The number of nitrogens with one attached hydrogen (secondary N) is 1. The van der Waals surface area contributed by atoms with E-state index in [0.717, 1.165) is 24.1 Å². The number of sulfonamides is 1. The summed E-state index contributed by atoms with van der Waals surface area (Å²) < 4.78 is 33.1. The standard InChI is InChI=1S/C20H24N2O5S/c1-2-3-15-4-7-17(8-5-15)28(25,26)21-19-9-6-16(14-18(19)20(23)24)22-10-12-27-13-11-22/h4-9,14,21H,2-3,10-13H2,1H3,(H,23,24). The molecular weight excluding hydrogens is 380 g/mol. The lowest BCUT2D eigenvalue weighted by Gasteiger charge is -2.29. The second kappa shape index (κ2) is 8.62. The summed E-state index contributed by atoms with van der Waals surface area (Å²) in [5.74, 6) is -1.19. The van der Waals surface area contributed by atoms with Gasteiger partial charge in [-0.2, -0.15) is 0 Å². The van der Waals surface area contributed by atoms with Crippen LogP contribution in [-0.2, 0) is 21.2 Å². The third-order valence-electron chi connectivity index (χ3n) is 4.63. The molecule has 1 fully saturated rings. The van der Waals surface area contributed by atoms with Crippen LogP contribution in [0.15, 0.2) is 47.4 Å². The van der Waals surface area contributed by atoms with E-state index in [2.05, 4.69) is 11.6 Å². The first kappa shape index (κ1) is 20.2. The van der Waals surface area contributed by atoms with E-state index in [4.69, 9.17) is 4.74 Å². The van der Waals surface area contributed by atoms with Gasteiger partial charge in [0.2, 0.25) is 0 Å². The van der Waals surface area contributed by atoms with Crippen LogP contribution in [0.3, 0.4) is 0 Å². The first-order chi connectivity index (χ1) is 13.4. The topological polar surface area (TPSA) is 95.9 Å². The molecule has 0 aromatic heterocycles. The Kier molecular flexibility index (Phi) is 6.21. The average Bonchev–Trinajstić information content (AvgIpc) is 2.69. The highest BCUT2D eigenvalue weighted by molar-refractivity contribution is 7.92. The predicted molar refractivity (Wildman–Crippen MR) is 108 cm³/mol. The van der Waals surface area contributed by atoms with Crippen LogP contribution in [0.4, 0.5) is 11.4 Å². The number of hydrogen-bond donors (Lipinski definition) is 2. The van der Waals surface area contributed by atoms with Crippen LogP contribution in [0.1, 0.15) is 29.3 Å². The molecule has 8 heteroatoms. The van der Waals surface area contributed by atoms with E-state index in [1.165, 1.54) is 24.3 Å². The molecule has 150 valence electrons. The van der Waals surface area contributed by atoms with Gasteiger partial charge in [-0.3, -0.25) is 4.72 Å². The van der Waals surface area contributed by atoms with E-state index < -0.39 is 16.0 Å². The number of carboxylic acids is 1. The summed E-state index contributed by atoms with van der Waals surface area (Å²) in [5, 5.41) is 9.57. The normalized spacial score (nSPS) is 14.7. The molecule has 2 aromatic rings. The number of benzene rings is 2. The molecule has 2 N–H and O–H groups in total. The quantitative estimate of drug-likeness (QED) is 0.737. The molecule has 0 bridgehead atoms. The number of anilines is 2. The third kappa shape index (κ3) is 4.63. The first-order valence-corrected chi connectivity index (χ1v) is 10.7. The van der Waals surface area contributed by atoms with Gasteiger partial charge in [0, 0.05) is 18.8 Å². The first-order valence-electron chi connectivity index (χ1n) is 9.22. The molecular formula is C20H24N2O5S. The maximum atomic E-state index is 12.7. The van der Waals surface area contributed by atoms with Crippen molar-refractivity contribution >= 4 is 27.4 Å². The minimum Gasteiger partial charge on any atom is -0.478 e. The Morgan fingerprint density at radius 2 is 1.82 bits per heavy atom. The molecule has 7 nitrogen and oxygen atoms in total. The van der Waals surface area contributed by atoms with Gasteiger partial charge in [0.1, 0.15) is 0 Å². The van der Waals surface area contributed by atoms with Gasteiger partial charge in [-0.1, -0.05) is 25.5 Å². The fourth-order valence-corrected chi connectivity index (χ4v) is 4.22. The van der Waals surface area contributed by atoms with E-state index >= 15 is 0 Å². The van der Waals surface area contributed by atoms with Crippen molar-refractivity contribution in [3.8, 4) is 0 Å². The number of rotatable bonds is 7. The Labute approximate surface area is 165 Å². The monoisotopic (exact) mass is 404 g/mol. The fraction of sp³-hybridized carbons (Fsp3) is 0.350. The number of morpholine rings is 1. The van der Waals surface area contributed by atoms with E-state index in [1.54, 1.807) is 18.2 Å². The summed E-state index contributed by atoms with van der Waals surface area (Å²) in [4.78, 5) is 13.8. The summed E-state index contributed by atoms with van der Waals surface area (Å²) in [6.07, 6.45) is 1.85. The van der Waals surface area contributed by atoms with E-state index in [-0.39, 0.29) is 16.1 Å². The molecule has 3 rings (SSSR count). The zero-order valence-electron chi connectivity index (χ0n) is 15.7. The van der Waals surface area contributed by atoms with Crippen LogP contribution in [0.5, 0.6) is 0 Å². The van der Waals surface area contributed by atoms with Crippen LogP contribution in [0.25, 0.3) is 0 Å². The van der Waals surface area contributed by atoms with Gasteiger partial charge in [0.05, 0.1) is 29.4 Å². The highest BCUT2D eigenvalue weighted by Crippen LogP contribution is 2.26. The van der Waals surface area contributed by atoms with Crippen molar-refractivity contribution in [1.82, 2.24) is 0 Å². The highest BCUT2D eigenvalue weighted by atomic mass is 32.2. The maximum Gasteiger partial charge on any atom is 0.337 e. The summed E-state index contributed by atoms with van der Waals surface area (Å²) in [6.45, 7) is 4.53. The molecule has 0 aliphatic carbocycles. The predicted octanol–water partition coefficient (Wildman–Crippen LogP) is 2.97. The van der Waals surface area contributed by atoms with Crippen molar-refractivity contribution in [3.05, 3.63) is 53.6 Å². The van der Waals surface area contributed by atoms with Gasteiger partial charge in [-0.15, -0.1) is 0 Å². The fourth-order valence-electron chi connectivity index (χ4n) is 3.14. The van der Waals surface area contributed by atoms with Crippen molar-refractivity contribution < 1.29 is 23.1 Å². The van der Waals surface area contributed by atoms with Gasteiger partial charge in [-0.25, -0.2) is 13.2 Å². The minimum absolute atomic E-state index is 0.0437. The Balaban J connectivity index is 1.86. The molecule has 1 saturated heterocycles. The van der Waals surface area contributed by atoms with Gasteiger partial charge in [-0.05, 0) is 42.3 Å². The SMILES string of the molecule is CCCc1ccc(S(=O)(=O)Nc2ccc(N3CCOCC3)cc2C(=O)O)cc1. The molecule has 0 radical (unpaired) electrons. The van der Waals surface area contributed by atoms with Crippen LogP contribution in [-0.4, -0.2) is 45.8 Å². The molecule has 1 aliphatic heterocycles. The number of carbonyl (C=O) groups is 1. The lowest BCUT2D eigenvalue weighted by atomic mass is 10.1. The number of aryl methyl sites for hydroxylation is 1. The molecule has 0 atom stereocenters. The van der Waals surface area contributed by atoms with Crippen molar-refractivity contribution in [1.29, 1.82) is 0 Å². The molecule has 0 amide bonds.